The van der Waals surface area contributed by atoms with E-state index < -0.39 is 0 Å². The quantitative estimate of drug-likeness (QED) is 0.635. The maximum Gasteiger partial charge on any atom is 0.234 e. The van der Waals surface area contributed by atoms with Gasteiger partial charge in [0.25, 0.3) is 0 Å². The van der Waals surface area contributed by atoms with Gasteiger partial charge in [0, 0.05) is 21.0 Å². The first-order valence-electron chi connectivity index (χ1n) is 7.41. The molecule has 0 aliphatic heterocycles. The topological polar surface area (TPSA) is 38.3 Å². The van der Waals surface area contributed by atoms with E-state index in [4.69, 9.17) is 16.3 Å². The number of carbonyl (C=O) groups is 1. The first-order chi connectivity index (χ1) is 11.7. The Balaban J connectivity index is 1.68. The first kappa shape index (κ1) is 16.7. The van der Waals surface area contributed by atoms with Crippen molar-refractivity contribution in [2.75, 3.05) is 18.2 Å². The van der Waals surface area contributed by atoms with Gasteiger partial charge >= 0.3 is 0 Å². The van der Waals surface area contributed by atoms with Crippen molar-refractivity contribution in [1.29, 1.82) is 0 Å². The molecule has 0 aliphatic rings. The van der Waals surface area contributed by atoms with E-state index in [0.717, 1.165) is 27.1 Å². The van der Waals surface area contributed by atoms with Gasteiger partial charge in [-0.05, 0) is 41.8 Å². The summed E-state index contributed by atoms with van der Waals surface area (Å²) in [6, 6.07) is 19.0. The molecule has 3 aromatic rings. The van der Waals surface area contributed by atoms with E-state index in [9.17, 15) is 4.79 Å². The Bertz CT molecular complexity index is 860. The minimum atomic E-state index is -0.0609. The van der Waals surface area contributed by atoms with Gasteiger partial charge in [0.15, 0.2) is 0 Å². The Morgan fingerprint density at radius 3 is 2.50 bits per heavy atom. The van der Waals surface area contributed by atoms with Crippen LogP contribution in [0.4, 0.5) is 5.69 Å². The number of thioether (sulfide) groups is 1. The van der Waals surface area contributed by atoms with Crippen molar-refractivity contribution in [2.45, 2.75) is 4.90 Å². The molecule has 122 valence electrons. The molecule has 0 radical (unpaired) electrons. The Morgan fingerprint density at radius 2 is 1.79 bits per heavy atom. The van der Waals surface area contributed by atoms with Gasteiger partial charge in [-0.2, -0.15) is 0 Å². The van der Waals surface area contributed by atoms with Crippen LogP contribution in [-0.4, -0.2) is 18.8 Å². The number of benzene rings is 3. The molecule has 24 heavy (non-hydrogen) atoms. The molecule has 1 amide bonds. The van der Waals surface area contributed by atoms with E-state index in [0.29, 0.717) is 10.8 Å². The number of anilines is 1. The Kier molecular flexibility index (Phi) is 5.28. The van der Waals surface area contributed by atoms with Crippen molar-refractivity contribution in [3.63, 3.8) is 0 Å². The third-order valence-corrected chi connectivity index (χ3v) is 4.92. The second kappa shape index (κ2) is 7.60. The van der Waals surface area contributed by atoms with Crippen molar-refractivity contribution in [2.24, 2.45) is 0 Å². The molecular formula is C19H16ClNO2S. The summed E-state index contributed by atoms with van der Waals surface area (Å²) in [5, 5.41) is 5.64. The van der Waals surface area contributed by atoms with Crippen molar-refractivity contribution >= 4 is 45.7 Å². The van der Waals surface area contributed by atoms with Crippen LogP contribution in [0.3, 0.4) is 0 Å². The molecule has 0 saturated heterocycles. The van der Waals surface area contributed by atoms with Crippen LogP contribution in [0.1, 0.15) is 0 Å². The molecule has 3 nitrogen and oxygen atoms in total. The summed E-state index contributed by atoms with van der Waals surface area (Å²) in [6.45, 7) is 0. The largest absolute Gasteiger partial charge is 0.497 e. The van der Waals surface area contributed by atoms with Crippen LogP contribution < -0.4 is 10.1 Å². The molecule has 0 saturated carbocycles. The second-order valence-electron chi connectivity index (χ2n) is 5.16. The van der Waals surface area contributed by atoms with Gasteiger partial charge in [0.2, 0.25) is 5.91 Å². The molecule has 0 bridgehead atoms. The molecule has 0 aliphatic carbocycles. The SMILES string of the molecule is COc1ccc(NC(=O)CSc2cccc3cccc(Cl)c23)cc1. The van der Waals surface area contributed by atoms with E-state index >= 15 is 0 Å². The summed E-state index contributed by atoms with van der Waals surface area (Å²) in [5.74, 6) is 1.01. The smallest absolute Gasteiger partial charge is 0.234 e. The number of methoxy groups -OCH3 is 1. The van der Waals surface area contributed by atoms with Gasteiger partial charge in [0.05, 0.1) is 12.9 Å². The average Bonchev–Trinajstić information content (AvgIpc) is 2.61. The molecule has 3 rings (SSSR count). The highest BCUT2D eigenvalue weighted by atomic mass is 35.5. The zero-order valence-corrected chi connectivity index (χ0v) is 14.7. The number of nitrogens with one attached hydrogen (secondary N) is 1. The number of halogens is 1. The lowest BCUT2D eigenvalue weighted by Crippen LogP contribution is -2.13. The molecule has 3 aromatic carbocycles. The zero-order valence-electron chi connectivity index (χ0n) is 13.1. The highest BCUT2D eigenvalue weighted by molar-refractivity contribution is 8.00. The van der Waals surface area contributed by atoms with Crippen LogP contribution in [0, 0.1) is 0 Å². The minimum absolute atomic E-state index is 0.0609. The standard InChI is InChI=1S/C19H16ClNO2S/c1-23-15-10-8-14(9-11-15)21-18(22)12-24-17-7-3-5-13-4-2-6-16(20)19(13)17/h2-11H,12H2,1H3,(H,21,22). The van der Waals surface area contributed by atoms with E-state index in [-0.39, 0.29) is 5.91 Å². The molecule has 0 heterocycles. The number of hydrogen-bond donors (Lipinski definition) is 1. The first-order valence-corrected chi connectivity index (χ1v) is 8.77. The fraction of sp³-hybridized carbons (Fsp3) is 0.105. The summed E-state index contributed by atoms with van der Waals surface area (Å²) in [7, 11) is 1.61. The summed E-state index contributed by atoms with van der Waals surface area (Å²) in [6.07, 6.45) is 0. The van der Waals surface area contributed by atoms with E-state index in [2.05, 4.69) is 5.32 Å². The average molecular weight is 358 g/mol. The number of rotatable bonds is 5. The van der Waals surface area contributed by atoms with Crippen molar-refractivity contribution in [3.8, 4) is 5.75 Å². The molecular weight excluding hydrogens is 342 g/mol. The predicted molar refractivity (Wildman–Crippen MR) is 101 cm³/mol. The monoisotopic (exact) mass is 357 g/mol. The molecule has 5 heteroatoms. The van der Waals surface area contributed by atoms with Crippen molar-refractivity contribution in [3.05, 3.63) is 65.7 Å². The van der Waals surface area contributed by atoms with Gasteiger partial charge < -0.3 is 10.1 Å². The Morgan fingerprint density at radius 1 is 1.08 bits per heavy atom. The van der Waals surface area contributed by atoms with Crippen molar-refractivity contribution in [1.82, 2.24) is 0 Å². The molecule has 1 N–H and O–H groups in total. The van der Waals surface area contributed by atoms with Gasteiger partial charge in [0.1, 0.15) is 5.75 Å². The van der Waals surface area contributed by atoms with E-state index in [1.54, 1.807) is 7.11 Å². The van der Waals surface area contributed by atoms with Crippen LogP contribution in [0.15, 0.2) is 65.6 Å². The maximum atomic E-state index is 12.2. The Hall–Kier alpha value is -2.17. The summed E-state index contributed by atoms with van der Waals surface area (Å²) in [4.78, 5) is 13.2. The Labute approximate surface area is 150 Å². The van der Waals surface area contributed by atoms with Crippen LogP contribution in [0.2, 0.25) is 5.02 Å². The molecule has 0 unspecified atom stereocenters. The highest BCUT2D eigenvalue weighted by Crippen LogP contribution is 2.33. The summed E-state index contributed by atoms with van der Waals surface area (Å²) < 4.78 is 5.10. The number of fused-ring (bicyclic) bond motifs is 1. The van der Waals surface area contributed by atoms with Crippen LogP contribution in [0.25, 0.3) is 10.8 Å². The number of carbonyl (C=O) groups excluding carboxylic acids is 1. The lowest BCUT2D eigenvalue weighted by Gasteiger charge is -2.09. The molecule has 0 atom stereocenters. The fourth-order valence-corrected chi connectivity index (χ4v) is 3.64. The number of hydrogen-bond acceptors (Lipinski definition) is 3. The second-order valence-corrected chi connectivity index (χ2v) is 6.58. The summed E-state index contributed by atoms with van der Waals surface area (Å²) >= 11 is 7.79. The minimum Gasteiger partial charge on any atom is -0.497 e. The lowest BCUT2D eigenvalue weighted by atomic mass is 10.1. The number of ether oxygens (including phenoxy) is 1. The zero-order chi connectivity index (χ0) is 16.9. The highest BCUT2D eigenvalue weighted by Gasteiger charge is 2.08. The maximum absolute atomic E-state index is 12.2. The summed E-state index contributed by atoms with van der Waals surface area (Å²) in [5.41, 5.74) is 0.748. The van der Waals surface area contributed by atoms with Gasteiger partial charge in [-0.15, -0.1) is 11.8 Å². The third kappa shape index (κ3) is 3.83. The normalized spacial score (nSPS) is 10.6. The van der Waals surface area contributed by atoms with Gasteiger partial charge in [-0.1, -0.05) is 35.9 Å². The third-order valence-electron chi connectivity index (χ3n) is 3.55. The van der Waals surface area contributed by atoms with Crippen LogP contribution in [-0.2, 0) is 4.79 Å². The van der Waals surface area contributed by atoms with Crippen LogP contribution >= 0.6 is 23.4 Å². The molecule has 0 aromatic heterocycles. The van der Waals surface area contributed by atoms with Gasteiger partial charge in [-0.3, -0.25) is 4.79 Å². The lowest BCUT2D eigenvalue weighted by molar-refractivity contribution is -0.113. The van der Waals surface area contributed by atoms with Crippen molar-refractivity contribution < 1.29 is 9.53 Å². The predicted octanol–water partition coefficient (Wildman–Crippen LogP) is 5.23. The molecule has 0 spiro atoms. The number of amides is 1. The van der Waals surface area contributed by atoms with E-state index in [1.807, 2.05) is 60.7 Å². The van der Waals surface area contributed by atoms with Crippen LogP contribution in [0.5, 0.6) is 5.75 Å². The van der Waals surface area contributed by atoms with Gasteiger partial charge in [-0.25, -0.2) is 0 Å². The van der Waals surface area contributed by atoms with E-state index in [1.165, 1.54) is 11.8 Å². The fourth-order valence-electron chi connectivity index (χ4n) is 2.40. The molecule has 0 fully saturated rings.